The number of morpholine rings is 1. The number of hydrogen-bond acceptors (Lipinski definition) is 4. The van der Waals surface area contributed by atoms with Crippen molar-refractivity contribution in [2.75, 3.05) is 26.8 Å². The summed E-state index contributed by atoms with van der Waals surface area (Å²) in [7, 11) is -1.99. The second kappa shape index (κ2) is 6.96. The molecule has 5 nitrogen and oxygen atoms in total. The zero-order valence-electron chi connectivity index (χ0n) is 12.2. The van der Waals surface area contributed by atoms with E-state index in [1.165, 1.54) is 11.4 Å². The van der Waals surface area contributed by atoms with Gasteiger partial charge in [-0.05, 0) is 24.6 Å². The van der Waals surface area contributed by atoms with Gasteiger partial charge in [0, 0.05) is 18.7 Å². The van der Waals surface area contributed by atoms with Crippen molar-refractivity contribution in [1.29, 1.82) is 0 Å². The van der Waals surface area contributed by atoms with Gasteiger partial charge in [-0.2, -0.15) is 4.31 Å². The van der Waals surface area contributed by atoms with Crippen molar-refractivity contribution in [2.24, 2.45) is 0 Å². The van der Waals surface area contributed by atoms with Crippen molar-refractivity contribution in [3.8, 4) is 5.75 Å². The Bertz CT molecular complexity index is 591. The molecule has 0 amide bonds. The summed E-state index contributed by atoms with van der Waals surface area (Å²) in [4.78, 5) is 0.246. The molecule has 21 heavy (non-hydrogen) atoms. The van der Waals surface area contributed by atoms with Crippen molar-refractivity contribution in [3.05, 3.63) is 23.8 Å². The van der Waals surface area contributed by atoms with Gasteiger partial charge < -0.3 is 9.47 Å². The van der Waals surface area contributed by atoms with Gasteiger partial charge in [-0.25, -0.2) is 8.42 Å². The van der Waals surface area contributed by atoms with Crippen LogP contribution >= 0.6 is 11.6 Å². The molecule has 0 saturated carbocycles. The average molecular weight is 334 g/mol. The molecule has 1 aliphatic heterocycles. The summed E-state index contributed by atoms with van der Waals surface area (Å²) < 4.78 is 37.6. The van der Waals surface area contributed by atoms with Crippen LogP contribution in [0, 0.1) is 0 Å². The van der Waals surface area contributed by atoms with Crippen molar-refractivity contribution < 1.29 is 17.9 Å². The lowest BCUT2D eigenvalue weighted by molar-refractivity contribution is -0.00278. The number of benzene rings is 1. The molecule has 1 aromatic rings. The minimum absolute atomic E-state index is 0.0423. The summed E-state index contributed by atoms with van der Waals surface area (Å²) in [6, 6.07) is 4.78. The third kappa shape index (κ3) is 3.51. The number of alkyl halides is 1. The molecule has 1 aromatic carbocycles. The Hall–Kier alpha value is -0.820. The van der Waals surface area contributed by atoms with E-state index >= 15 is 0 Å². The molecule has 1 fully saturated rings. The fourth-order valence-corrected chi connectivity index (χ4v) is 4.04. The van der Waals surface area contributed by atoms with Crippen LogP contribution in [0.4, 0.5) is 0 Å². The number of nitrogens with zero attached hydrogens (tertiary/aromatic N) is 1. The first-order valence-corrected chi connectivity index (χ1v) is 8.85. The van der Waals surface area contributed by atoms with E-state index in [4.69, 9.17) is 21.1 Å². The minimum Gasteiger partial charge on any atom is -0.496 e. The van der Waals surface area contributed by atoms with E-state index in [2.05, 4.69) is 0 Å². The van der Waals surface area contributed by atoms with E-state index in [1.807, 2.05) is 6.92 Å². The molecule has 1 heterocycles. The van der Waals surface area contributed by atoms with Gasteiger partial charge in [0.25, 0.3) is 0 Å². The molecule has 1 aliphatic rings. The van der Waals surface area contributed by atoms with Gasteiger partial charge in [0.05, 0.1) is 30.6 Å². The molecule has 1 saturated heterocycles. The highest BCUT2D eigenvalue weighted by molar-refractivity contribution is 7.89. The Labute approximate surface area is 130 Å². The average Bonchev–Trinajstić information content (AvgIpc) is 2.54. The van der Waals surface area contributed by atoms with Crippen molar-refractivity contribution in [1.82, 2.24) is 4.31 Å². The van der Waals surface area contributed by atoms with Crippen LogP contribution in [0.3, 0.4) is 0 Å². The van der Waals surface area contributed by atoms with Gasteiger partial charge in [0.2, 0.25) is 10.0 Å². The standard InChI is InChI=1S/C14H20ClNO4S/c1-3-12-10-16(6-7-20-12)21(17,18)13-4-5-14(19-2)11(8-13)9-15/h4-5,8,12H,3,6-7,9-10H2,1-2H3. The Balaban J connectivity index is 2.30. The number of rotatable bonds is 5. The first-order valence-electron chi connectivity index (χ1n) is 6.87. The van der Waals surface area contributed by atoms with Gasteiger partial charge in [-0.15, -0.1) is 11.6 Å². The molecule has 0 bridgehead atoms. The van der Waals surface area contributed by atoms with Gasteiger partial charge in [0.1, 0.15) is 5.75 Å². The SMILES string of the molecule is CCC1CN(S(=O)(=O)c2ccc(OC)c(CCl)c2)CCO1. The maximum absolute atomic E-state index is 12.7. The van der Waals surface area contributed by atoms with E-state index in [9.17, 15) is 8.42 Å². The quantitative estimate of drug-likeness (QED) is 0.775. The summed E-state index contributed by atoms with van der Waals surface area (Å²) in [5, 5.41) is 0. The highest BCUT2D eigenvalue weighted by Gasteiger charge is 2.30. The predicted octanol–water partition coefficient (Wildman–Crippen LogP) is 2.23. The molecule has 1 atom stereocenters. The molecule has 1 unspecified atom stereocenters. The Morgan fingerprint density at radius 3 is 2.86 bits per heavy atom. The molecule has 0 spiro atoms. The van der Waals surface area contributed by atoms with Gasteiger partial charge in [0.15, 0.2) is 0 Å². The fraction of sp³-hybridized carbons (Fsp3) is 0.571. The topological polar surface area (TPSA) is 55.8 Å². The molecule has 0 aliphatic carbocycles. The smallest absolute Gasteiger partial charge is 0.243 e. The minimum atomic E-state index is -3.52. The van der Waals surface area contributed by atoms with Crippen LogP contribution in [0.1, 0.15) is 18.9 Å². The van der Waals surface area contributed by atoms with E-state index in [0.29, 0.717) is 31.0 Å². The summed E-state index contributed by atoms with van der Waals surface area (Å²) >= 11 is 5.86. The molecule has 0 radical (unpaired) electrons. The first kappa shape index (κ1) is 16.5. The Morgan fingerprint density at radius 2 is 2.24 bits per heavy atom. The molecular formula is C14H20ClNO4S. The second-order valence-corrected chi connectivity index (χ2v) is 7.08. The van der Waals surface area contributed by atoms with Crippen molar-refractivity contribution in [2.45, 2.75) is 30.2 Å². The largest absolute Gasteiger partial charge is 0.496 e. The van der Waals surface area contributed by atoms with Gasteiger partial charge >= 0.3 is 0 Å². The normalized spacial score (nSPS) is 20.4. The van der Waals surface area contributed by atoms with Crippen LogP contribution < -0.4 is 4.74 Å². The third-order valence-electron chi connectivity index (χ3n) is 3.59. The number of halogens is 1. The second-order valence-electron chi connectivity index (χ2n) is 4.87. The fourth-order valence-electron chi connectivity index (χ4n) is 2.33. The molecule has 7 heteroatoms. The van der Waals surface area contributed by atoms with Crippen LogP contribution in [0.15, 0.2) is 23.1 Å². The van der Waals surface area contributed by atoms with Crippen LogP contribution in [0.25, 0.3) is 0 Å². The maximum atomic E-state index is 12.7. The lowest BCUT2D eigenvalue weighted by atomic mass is 10.2. The highest BCUT2D eigenvalue weighted by atomic mass is 35.5. The first-order chi connectivity index (χ1) is 10.0. The lowest BCUT2D eigenvalue weighted by Crippen LogP contribution is -2.45. The molecule has 0 aromatic heterocycles. The van der Waals surface area contributed by atoms with Crippen molar-refractivity contribution in [3.63, 3.8) is 0 Å². The monoisotopic (exact) mass is 333 g/mol. The predicted molar refractivity (Wildman–Crippen MR) is 81.3 cm³/mol. The summed E-state index contributed by atoms with van der Waals surface area (Å²) in [5.41, 5.74) is 0.667. The number of methoxy groups -OCH3 is 1. The molecule has 0 N–H and O–H groups in total. The van der Waals surface area contributed by atoms with E-state index in [-0.39, 0.29) is 16.9 Å². The van der Waals surface area contributed by atoms with E-state index < -0.39 is 10.0 Å². The zero-order valence-corrected chi connectivity index (χ0v) is 13.8. The van der Waals surface area contributed by atoms with Crippen LogP contribution in [0.2, 0.25) is 0 Å². The van der Waals surface area contributed by atoms with Crippen molar-refractivity contribution >= 4 is 21.6 Å². The van der Waals surface area contributed by atoms with Gasteiger partial charge in [-0.1, -0.05) is 6.92 Å². The summed E-state index contributed by atoms with van der Waals surface area (Å²) in [6.45, 7) is 3.18. The summed E-state index contributed by atoms with van der Waals surface area (Å²) in [5.74, 6) is 0.796. The highest BCUT2D eigenvalue weighted by Crippen LogP contribution is 2.26. The van der Waals surface area contributed by atoms with Crippen LogP contribution in [0.5, 0.6) is 5.75 Å². The Kier molecular flexibility index (Phi) is 5.48. The van der Waals surface area contributed by atoms with Gasteiger partial charge in [-0.3, -0.25) is 0 Å². The Morgan fingerprint density at radius 1 is 1.48 bits per heavy atom. The number of ether oxygens (including phenoxy) is 2. The maximum Gasteiger partial charge on any atom is 0.243 e. The van der Waals surface area contributed by atoms with Crippen LogP contribution in [-0.4, -0.2) is 45.6 Å². The molecule has 118 valence electrons. The number of hydrogen-bond donors (Lipinski definition) is 0. The third-order valence-corrected chi connectivity index (χ3v) is 5.74. The summed E-state index contributed by atoms with van der Waals surface area (Å²) in [6.07, 6.45) is 0.751. The van der Waals surface area contributed by atoms with E-state index in [1.54, 1.807) is 18.2 Å². The van der Waals surface area contributed by atoms with E-state index in [0.717, 1.165) is 6.42 Å². The zero-order chi connectivity index (χ0) is 15.5. The molecular weight excluding hydrogens is 314 g/mol. The lowest BCUT2D eigenvalue weighted by Gasteiger charge is -2.31. The van der Waals surface area contributed by atoms with Crippen LogP contribution in [-0.2, 0) is 20.6 Å². The molecule has 2 rings (SSSR count). The number of sulfonamides is 1.